The van der Waals surface area contributed by atoms with Crippen LogP contribution < -0.4 is 5.63 Å². The van der Waals surface area contributed by atoms with Gasteiger partial charge in [-0.25, -0.2) is 9.95 Å². The number of aromatic nitrogens is 1. The van der Waals surface area contributed by atoms with Gasteiger partial charge in [0.05, 0.1) is 10.9 Å². The molecule has 0 aliphatic carbocycles. The van der Waals surface area contributed by atoms with Crippen molar-refractivity contribution in [2.75, 3.05) is 0 Å². The Morgan fingerprint density at radius 3 is 3.09 bits per heavy atom. The second-order valence-corrected chi connectivity index (χ2v) is 2.62. The Kier molecular flexibility index (Phi) is 1.26. The molecule has 0 saturated heterocycles. The van der Waals surface area contributed by atoms with Gasteiger partial charge in [0.25, 0.3) is 0 Å². The van der Waals surface area contributed by atoms with Crippen LogP contribution in [0.1, 0.15) is 0 Å². The van der Waals surface area contributed by atoms with E-state index in [9.17, 15) is 4.79 Å². The molecule has 1 aromatic carbocycles. The molecule has 0 fully saturated rings. The minimum Gasteiger partial charge on any atom is -0.338 e. The SMILES string of the molecule is O=c1o[nH]c2ccc(Cl)cc12. The maximum absolute atomic E-state index is 10.9. The van der Waals surface area contributed by atoms with Crippen LogP contribution in [0, 0.1) is 0 Å². The lowest BCUT2D eigenvalue weighted by Gasteiger charge is -1.85. The molecule has 0 unspecified atom stereocenters. The highest BCUT2D eigenvalue weighted by Gasteiger charge is 2.01. The van der Waals surface area contributed by atoms with Crippen molar-refractivity contribution in [2.45, 2.75) is 0 Å². The monoisotopic (exact) mass is 169 g/mol. The second-order valence-electron chi connectivity index (χ2n) is 2.18. The van der Waals surface area contributed by atoms with Crippen LogP contribution in [0.3, 0.4) is 0 Å². The highest BCUT2D eigenvalue weighted by atomic mass is 35.5. The fourth-order valence-electron chi connectivity index (χ4n) is 0.931. The van der Waals surface area contributed by atoms with E-state index in [0.29, 0.717) is 15.9 Å². The van der Waals surface area contributed by atoms with Crippen LogP contribution in [-0.4, -0.2) is 5.16 Å². The molecule has 0 bridgehead atoms. The zero-order chi connectivity index (χ0) is 7.84. The maximum Gasteiger partial charge on any atom is 0.365 e. The van der Waals surface area contributed by atoms with Gasteiger partial charge in [-0.1, -0.05) is 11.6 Å². The Morgan fingerprint density at radius 2 is 2.27 bits per heavy atom. The highest BCUT2D eigenvalue weighted by Crippen LogP contribution is 2.14. The van der Waals surface area contributed by atoms with E-state index in [-0.39, 0.29) is 5.63 Å². The third-order valence-electron chi connectivity index (χ3n) is 1.46. The third-order valence-corrected chi connectivity index (χ3v) is 1.69. The molecule has 4 heteroatoms. The Morgan fingerprint density at radius 1 is 1.45 bits per heavy atom. The van der Waals surface area contributed by atoms with E-state index < -0.39 is 0 Å². The number of H-pyrrole nitrogens is 1. The highest BCUT2D eigenvalue weighted by molar-refractivity contribution is 6.31. The first kappa shape index (κ1) is 6.49. The van der Waals surface area contributed by atoms with Crippen molar-refractivity contribution < 1.29 is 4.52 Å². The summed E-state index contributed by atoms with van der Waals surface area (Å²) >= 11 is 5.65. The average molecular weight is 170 g/mol. The molecule has 0 saturated carbocycles. The summed E-state index contributed by atoms with van der Waals surface area (Å²) in [5.41, 5.74) is 0.280. The van der Waals surface area contributed by atoms with Gasteiger partial charge in [0.1, 0.15) is 0 Å². The molecule has 3 nitrogen and oxygen atoms in total. The zero-order valence-electron chi connectivity index (χ0n) is 5.43. The Bertz CT molecular complexity index is 443. The van der Waals surface area contributed by atoms with Crippen LogP contribution in [-0.2, 0) is 0 Å². The summed E-state index contributed by atoms with van der Waals surface area (Å²) in [6, 6.07) is 4.96. The Labute approximate surface area is 66.5 Å². The Balaban J connectivity index is 2.99. The first-order valence-electron chi connectivity index (χ1n) is 3.04. The minimum atomic E-state index is -0.387. The van der Waals surface area contributed by atoms with E-state index >= 15 is 0 Å². The van der Waals surface area contributed by atoms with Crippen LogP contribution in [0.5, 0.6) is 0 Å². The summed E-state index contributed by atoms with van der Waals surface area (Å²) in [6.07, 6.45) is 0. The number of fused-ring (bicyclic) bond motifs is 1. The zero-order valence-corrected chi connectivity index (χ0v) is 6.18. The fraction of sp³-hybridized carbons (Fsp3) is 0. The van der Waals surface area contributed by atoms with Gasteiger partial charge < -0.3 is 4.52 Å². The summed E-state index contributed by atoms with van der Waals surface area (Å²) in [4.78, 5) is 10.9. The predicted molar refractivity (Wildman–Crippen MR) is 41.8 cm³/mol. The first-order valence-corrected chi connectivity index (χ1v) is 3.42. The number of aromatic amines is 1. The number of halogens is 1. The standard InChI is InChI=1S/C7H4ClNO2/c8-4-1-2-6-5(3-4)7(10)11-9-6/h1-3,9H. The van der Waals surface area contributed by atoms with Gasteiger partial charge in [-0.15, -0.1) is 0 Å². The molecule has 0 amide bonds. The molecule has 0 aliphatic heterocycles. The summed E-state index contributed by atoms with van der Waals surface area (Å²) in [5.74, 6) is 0. The Hall–Kier alpha value is -1.22. The van der Waals surface area contributed by atoms with Gasteiger partial charge in [-0.2, -0.15) is 0 Å². The average Bonchev–Trinajstić information content (AvgIpc) is 2.33. The molecular weight excluding hydrogens is 166 g/mol. The lowest BCUT2D eigenvalue weighted by Crippen LogP contribution is -1.89. The molecule has 11 heavy (non-hydrogen) atoms. The van der Waals surface area contributed by atoms with Gasteiger partial charge in [-0.05, 0) is 18.2 Å². The van der Waals surface area contributed by atoms with Crippen molar-refractivity contribution in [3.63, 3.8) is 0 Å². The molecule has 2 rings (SSSR count). The summed E-state index contributed by atoms with van der Waals surface area (Å²) < 4.78 is 4.53. The number of hydrogen-bond donors (Lipinski definition) is 1. The normalized spacial score (nSPS) is 10.6. The van der Waals surface area contributed by atoms with E-state index in [1.165, 1.54) is 0 Å². The largest absolute Gasteiger partial charge is 0.365 e. The van der Waals surface area contributed by atoms with Crippen LogP contribution in [0.25, 0.3) is 10.9 Å². The van der Waals surface area contributed by atoms with Gasteiger partial charge >= 0.3 is 5.63 Å². The topological polar surface area (TPSA) is 46.0 Å². The molecule has 0 spiro atoms. The van der Waals surface area contributed by atoms with Crippen molar-refractivity contribution in [3.05, 3.63) is 33.6 Å². The van der Waals surface area contributed by atoms with Gasteiger partial charge in [0.2, 0.25) is 0 Å². The molecule has 0 radical (unpaired) electrons. The maximum atomic E-state index is 10.9. The van der Waals surface area contributed by atoms with Crippen molar-refractivity contribution in [2.24, 2.45) is 0 Å². The molecular formula is C7H4ClNO2. The molecule has 1 heterocycles. The third kappa shape index (κ3) is 0.935. The molecule has 0 atom stereocenters. The number of rotatable bonds is 0. The molecule has 1 aromatic heterocycles. The van der Waals surface area contributed by atoms with Crippen molar-refractivity contribution in [1.82, 2.24) is 5.16 Å². The van der Waals surface area contributed by atoms with Crippen molar-refractivity contribution in [1.29, 1.82) is 0 Å². The number of nitrogens with one attached hydrogen (secondary N) is 1. The lowest BCUT2D eigenvalue weighted by molar-refractivity contribution is 0.400. The number of benzene rings is 1. The van der Waals surface area contributed by atoms with Crippen molar-refractivity contribution in [3.8, 4) is 0 Å². The minimum absolute atomic E-state index is 0.387. The van der Waals surface area contributed by atoms with Crippen LogP contribution in [0.4, 0.5) is 0 Å². The second kappa shape index (κ2) is 2.13. The lowest BCUT2D eigenvalue weighted by atomic mass is 10.3. The van der Waals surface area contributed by atoms with E-state index in [1.54, 1.807) is 18.2 Å². The first-order chi connectivity index (χ1) is 5.27. The molecule has 2 aromatic rings. The molecule has 0 aliphatic rings. The summed E-state index contributed by atoms with van der Waals surface area (Å²) in [6.45, 7) is 0. The smallest absolute Gasteiger partial charge is 0.338 e. The van der Waals surface area contributed by atoms with Gasteiger partial charge in [0, 0.05) is 5.02 Å². The molecule has 56 valence electrons. The van der Waals surface area contributed by atoms with E-state index in [0.717, 1.165) is 0 Å². The molecule has 1 N–H and O–H groups in total. The van der Waals surface area contributed by atoms with Crippen molar-refractivity contribution >= 4 is 22.5 Å². The van der Waals surface area contributed by atoms with Crippen LogP contribution in [0.2, 0.25) is 5.02 Å². The van der Waals surface area contributed by atoms with E-state index in [4.69, 9.17) is 11.6 Å². The van der Waals surface area contributed by atoms with Gasteiger partial charge in [0.15, 0.2) is 0 Å². The van der Waals surface area contributed by atoms with E-state index in [2.05, 4.69) is 9.68 Å². The van der Waals surface area contributed by atoms with Crippen LogP contribution in [0.15, 0.2) is 27.5 Å². The summed E-state index contributed by atoms with van der Waals surface area (Å²) in [7, 11) is 0. The van der Waals surface area contributed by atoms with Crippen LogP contribution >= 0.6 is 11.6 Å². The van der Waals surface area contributed by atoms with Gasteiger partial charge in [-0.3, -0.25) is 0 Å². The predicted octanol–water partition coefficient (Wildman–Crippen LogP) is 1.77. The number of hydrogen-bond acceptors (Lipinski definition) is 2. The fourth-order valence-corrected chi connectivity index (χ4v) is 1.10. The van der Waals surface area contributed by atoms with E-state index in [1.807, 2.05) is 0 Å². The summed E-state index contributed by atoms with van der Waals surface area (Å²) in [5, 5.41) is 3.48. The quantitative estimate of drug-likeness (QED) is 0.654.